The second kappa shape index (κ2) is 6.04. The number of rotatable bonds is 3. The fourth-order valence-corrected chi connectivity index (χ4v) is 2.69. The fourth-order valence-electron chi connectivity index (χ4n) is 2.69. The molecule has 1 aliphatic heterocycles. The number of nitrogens with zero attached hydrogens (tertiary/aromatic N) is 2. The van der Waals surface area contributed by atoms with E-state index in [9.17, 15) is 4.79 Å². The highest BCUT2D eigenvalue weighted by Gasteiger charge is 2.27. The average molecular weight is 261 g/mol. The van der Waals surface area contributed by atoms with Crippen molar-refractivity contribution in [3.05, 3.63) is 24.0 Å². The Morgan fingerprint density at radius 1 is 1.47 bits per heavy atom. The molecule has 1 aromatic heterocycles. The highest BCUT2D eigenvalue weighted by molar-refractivity contribution is 5.92. The van der Waals surface area contributed by atoms with Crippen molar-refractivity contribution in [2.24, 2.45) is 5.92 Å². The van der Waals surface area contributed by atoms with E-state index in [-0.39, 0.29) is 5.91 Å². The molecule has 1 N–H and O–H groups in total. The summed E-state index contributed by atoms with van der Waals surface area (Å²) >= 11 is 0. The lowest BCUT2D eigenvalue weighted by molar-refractivity contribution is 0.0582. The molecule has 1 aliphatic rings. The molecule has 1 amide bonds. The number of anilines is 1. The standard InChI is InChI=1S/C15H23N3O/c1-4-16-13-5-6-14(17-10-13)15(19)18-8-7-11(2)9-12(18)3/h5-6,10-12,16H,4,7-9H2,1-3H3. The molecule has 4 nitrogen and oxygen atoms in total. The Morgan fingerprint density at radius 2 is 2.26 bits per heavy atom. The van der Waals surface area contributed by atoms with E-state index in [1.165, 1.54) is 0 Å². The van der Waals surface area contributed by atoms with Crippen molar-refractivity contribution in [3.63, 3.8) is 0 Å². The molecular formula is C15H23N3O. The van der Waals surface area contributed by atoms with E-state index < -0.39 is 0 Å². The maximum atomic E-state index is 12.4. The van der Waals surface area contributed by atoms with E-state index in [1.54, 1.807) is 6.20 Å². The number of amides is 1. The first-order valence-electron chi connectivity index (χ1n) is 7.12. The van der Waals surface area contributed by atoms with Gasteiger partial charge in [0.2, 0.25) is 0 Å². The quantitative estimate of drug-likeness (QED) is 0.910. The summed E-state index contributed by atoms with van der Waals surface area (Å²) in [6, 6.07) is 4.04. The predicted molar refractivity (Wildman–Crippen MR) is 77.3 cm³/mol. The molecule has 1 fully saturated rings. The van der Waals surface area contributed by atoms with Crippen molar-refractivity contribution in [1.29, 1.82) is 0 Å². The summed E-state index contributed by atoms with van der Waals surface area (Å²) in [7, 11) is 0. The molecule has 2 atom stereocenters. The number of pyridine rings is 1. The summed E-state index contributed by atoms with van der Waals surface area (Å²) in [6.07, 6.45) is 3.90. The highest BCUT2D eigenvalue weighted by atomic mass is 16.2. The van der Waals surface area contributed by atoms with Crippen molar-refractivity contribution in [2.45, 2.75) is 39.7 Å². The normalized spacial score (nSPS) is 23.2. The van der Waals surface area contributed by atoms with E-state index in [4.69, 9.17) is 0 Å². The van der Waals surface area contributed by atoms with Crippen LogP contribution in [0.1, 0.15) is 44.1 Å². The van der Waals surface area contributed by atoms with Crippen LogP contribution >= 0.6 is 0 Å². The second-order valence-corrected chi connectivity index (χ2v) is 5.44. The Labute approximate surface area is 115 Å². The molecule has 1 saturated heterocycles. The summed E-state index contributed by atoms with van der Waals surface area (Å²) in [5.41, 5.74) is 1.50. The Hall–Kier alpha value is -1.58. The number of carbonyl (C=O) groups excluding carboxylic acids is 1. The Kier molecular flexibility index (Phi) is 4.40. The molecule has 4 heteroatoms. The number of likely N-dealkylation sites (tertiary alicyclic amines) is 1. The van der Waals surface area contributed by atoms with Gasteiger partial charge in [-0.25, -0.2) is 4.98 Å². The monoisotopic (exact) mass is 261 g/mol. The maximum absolute atomic E-state index is 12.4. The Morgan fingerprint density at radius 3 is 2.84 bits per heavy atom. The lowest BCUT2D eigenvalue weighted by Crippen LogP contribution is -2.44. The van der Waals surface area contributed by atoms with Crippen LogP contribution in [0.3, 0.4) is 0 Å². The van der Waals surface area contributed by atoms with Crippen LogP contribution in [0.25, 0.3) is 0 Å². The average Bonchev–Trinajstić information content (AvgIpc) is 2.39. The minimum atomic E-state index is 0.0578. The van der Waals surface area contributed by atoms with Gasteiger partial charge < -0.3 is 10.2 Å². The lowest BCUT2D eigenvalue weighted by Gasteiger charge is -2.36. The third kappa shape index (κ3) is 3.25. The number of carbonyl (C=O) groups is 1. The van der Waals surface area contributed by atoms with Gasteiger partial charge in [-0.2, -0.15) is 0 Å². The zero-order valence-electron chi connectivity index (χ0n) is 12.0. The molecule has 0 radical (unpaired) electrons. The van der Waals surface area contributed by atoms with Gasteiger partial charge in [0, 0.05) is 19.1 Å². The smallest absolute Gasteiger partial charge is 0.272 e. The molecule has 0 aliphatic carbocycles. The van der Waals surface area contributed by atoms with Crippen LogP contribution < -0.4 is 5.32 Å². The van der Waals surface area contributed by atoms with Crippen LogP contribution in [0.4, 0.5) is 5.69 Å². The molecule has 104 valence electrons. The van der Waals surface area contributed by atoms with E-state index >= 15 is 0 Å². The fraction of sp³-hybridized carbons (Fsp3) is 0.600. The first kappa shape index (κ1) is 13.8. The molecule has 2 heterocycles. The third-order valence-electron chi connectivity index (χ3n) is 3.76. The van der Waals surface area contributed by atoms with Crippen LogP contribution in [-0.2, 0) is 0 Å². The van der Waals surface area contributed by atoms with Gasteiger partial charge in [0.15, 0.2) is 0 Å². The Bertz CT molecular complexity index is 430. The third-order valence-corrected chi connectivity index (χ3v) is 3.76. The van der Waals surface area contributed by atoms with Gasteiger partial charge in [-0.05, 0) is 44.7 Å². The van der Waals surface area contributed by atoms with E-state index in [0.717, 1.165) is 31.6 Å². The molecule has 1 aromatic rings. The number of nitrogens with one attached hydrogen (secondary N) is 1. The molecule has 0 aromatic carbocycles. The number of aromatic nitrogens is 1. The summed E-state index contributed by atoms with van der Waals surface area (Å²) in [4.78, 5) is 18.7. The van der Waals surface area contributed by atoms with Crippen molar-refractivity contribution < 1.29 is 4.79 Å². The zero-order valence-corrected chi connectivity index (χ0v) is 12.0. The molecular weight excluding hydrogens is 238 g/mol. The summed E-state index contributed by atoms with van der Waals surface area (Å²) < 4.78 is 0. The molecule has 0 saturated carbocycles. The van der Waals surface area contributed by atoms with Crippen molar-refractivity contribution in [3.8, 4) is 0 Å². The zero-order chi connectivity index (χ0) is 13.8. The summed E-state index contributed by atoms with van der Waals surface area (Å²) in [5.74, 6) is 0.769. The maximum Gasteiger partial charge on any atom is 0.272 e. The van der Waals surface area contributed by atoms with Gasteiger partial charge in [-0.15, -0.1) is 0 Å². The van der Waals surface area contributed by atoms with E-state index in [2.05, 4.69) is 24.1 Å². The first-order valence-corrected chi connectivity index (χ1v) is 7.12. The topological polar surface area (TPSA) is 45.2 Å². The molecule has 19 heavy (non-hydrogen) atoms. The lowest BCUT2D eigenvalue weighted by atomic mass is 9.93. The minimum absolute atomic E-state index is 0.0578. The van der Waals surface area contributed by atoms with Crippen LogP contribution in [0, 0.1) is 5.92 Å². The van der Waals surface area contributed by atoms with E-state index in [1.807, 2.05) is 24.0 Å². The van der Waals surface area contributed by atoms with Crippen molar-refractivity contribution in [1.82, 2.24) is 9.88 Å². The van der Waals surface area contributed by atoms with Gasteiger partial charge in [0.25, 0.3) is 5.91 Å². The van der Waals surface area contributed by atoms with Crippen molar-refractivity contribution in [2.75, 3.05) is 18.4 Å². The Balaban J connectivity index is 2.06. The SMILES string of the molecule is CCNc1ccc(C(=O)N2CCC(C)CC2C)nc1. The number of hydrogen-bond donors (Lipinski definition) is 1. The summed E-state index contributed by atoms with van der Waals surface area (Å²) in [6.45, 7) is 8.12. The van der Waals surface area contributed by atoms with Gasteiger partial charge in [0.1, 0.15) is 5.69 Å². The van der Waals surface area contributed by atoms with Crippen LogP contribution in [0.5, 0.6) is 0 Å². The van der Waals surface area contributed by atoms with Gasteiger partial charge in [-0.3, -0.25) is 4.79 Å². The van der Waals surface area contributed by atoms with Gasteiger partial charge in [0.05, 0.1) is 11.9 Å². The van der Waals surface area contributed by atoms with Crippen LogP contribution in [-0.4, -0.2) is 34.9 Å². The number of hydrogen-bond acceptors (Lipinski definition) is 3. The van der Waals surface area contributed by atoms with Crippen LogP contribution in [0.2, 0.25) is 0 Å². The minimum Gasteiger partial charge on any atom is -0.384 e. The van der Waals surface area contributed by atoms with Gasteiger partial charge >= 0.3 is 0 Å². The van der Waals surface area contributed by atoms with Crippen molar-refractivity contribution >= 4 is 11.6 Å². The summed E-state index contributed by atoms with van der Waals surface area (Å²) in [5, 5.41) is 3.18. The first-order chi connectivity index (χ1) is 9.11. The largest absolute Gasteiger partial charge is 0.384 e. The molecule has 2 rings (SSSR count). The molecule has 0 bridgehead atoms. The molecule has 0 spiro atoms. The molecule has 2 unspecified atom stereocenters. The highest BCUT2D eigenvalue weighted by Crippen LogP contribution is 2.23. The second-order valence-electron chi connectivity index (χ2n) is 5.44. The van der Waals surface area contributed by atoms with Gasteiger partial charge in [-0.1, -0.05) is 6.92 Å². The predicted octanol–water partition coefficient (Wildman–Crippen LogP) is 2.77. The van der Waals surface area contributed by atoms with Crippen LogP contribution in [0.15, 0.2) is 18.3 Å². The number of piperidine rings is 1. The van der Waals surface area contributed by atoms with E-state index in [0.29, 0.717) is 17.7 Å².